The minimum Gasteiger partial charge on any atom is -0.345 e. The molecule has 7 heteroatoms. The molecule has 1 aromatic rings. The lowest BCUT2D eigenvalue weighted by atomic mass is 9.96. The summed E-state index contributed by atoms with van der Waals surface area (Å²) in [5, 5.41) is 5.62. The van der Waals surface area contributed by atoms with Gasteiger partial charge in [-0.25, -0.2) is 4.79 Å². The molecular weight excluding hydrogens is 344 g/mol. The molecule has 0 spiro atoms. The minimum atomic E-state index is -0.0781. The van der Waals surface area contributed by atoms with Crippen molar-refractivity contribution in [1.29, 1.82) is 0 Å². The smallest absolute Gasteiger partial charge is 0.321 e. The third-order valence-corrected chi connectivity index (χ3v) is 4.93. The lowest BCUT2D eigenvalue weighted by Crippen LogP contribution is -2.42. The summed E-state index contributed by atoms with van der Waals surface area (Å²) < 4.78 is 0. The number of carbonyl (C=O) groups excluding carboxylic acids is 3. The van der Waals surface area contributed by atoms with Gasteiger partial charge in [-0.2, -0.15) is 0 Å². The first-order valence-electron chi connectivity index (χ1n) is 9.22. The van der Waals surface area contributed by atoms with Crippen molar-refractivity contribution >= 4 is 23.5 Å². The standard InChI is InChI=1S/C20H24N4O3/c1-15(25)23-12-8-17(9-13-23)19(26)21-10-2-3-16-4-6-18(7-5-16)24-14-11-22-20(24)27/h4-7,17H,8-14H2,1H3,(H,21,26)(H,22,27). The van der Waals surface area contributed by atoms with Crippen LogP contribution in [0, 0.1) is 17.8 Å². The maximum Gasteiger partial charge on any atom is 0.321 e. The summed E-state index contributed by atoms with van der Waals surface area (Å²) in [6.45, 7) is 4.46. The van der Waals surface area contributed by atoms with Gasteiger partial charge in [0.25, 0.3) is 0 Å². The van der Waals surface area contributed by atoms with E-state index in [0.717, 1.165) is 11.3 Å². The number of carbonyl (C=O) groups is 3. The van der Waals surface area contributed by atoms with E-state index in [1.54, 1.807) is 16.7 Å². The second kappa shape index (κ2) is 8.58. The highest BCUT2D eigenvalue weighted by atomic mass is 16.2. The zero-order chi connectivity index (χ0) is 19.2. The SMILES string of the molecule is CC(=O)N1CCC(C(=O)NCC#Cc2ccc(N3CCNC3=O)cc2)CC1. The van der Waals surface area contributed by atoms with Crippen LogP contribution in [0.2, 0.25) is 0 Å². The highest BCUT2D eigenvalue weighted by Crippen LogP contribution is 2.18. The quantitative estimate of drug-likeness (QED) is 0.779. The van der Waals surface area contributed by atoms with Crippen LogP contribution in [0.5, 0.6) is 0 Å². The van der Waals surface area contributed by atoms with Gasteiger partial charge in [-0.1, -0.05) is 11.8 Å². The molecule has 0 bridgehead atoms. The molecule has 1 aromatic carbocycles. The molecule has 0 saturated carbocycles. The van der Waals surface area contributed by atoms with Crippen LogP contribution in [0.15, 0.2) is 24.3 Å². The Hall–Kier alpha value is -3.01. The van der Waals surface area contributed by atoms with Crippen LogP contribution >= 0.6 is 0 Å². The number of hydrogen-bond acceptors (Lipinski definition) is 3. The molecule has 4 amide bonds. The van der Waals surface area contributed by atoms with Crippen LogP contribution in [0.1, 0.15) is 25.3 Å². The van der Waals surface area contributed by atoms with E-state index in [4.69, 9.17) is 0 Å². The van der Waals surface area contributed by atoms with Crippen molar-refractivity contribution in [3.8, 4) is 11.8 Å². The van der Waals surface area contributed by atoms with Crippen LogP contribution in [0.4, 0.5) is 10.5 Å². The average molecular weight is 368 g/mol. The van der Waals surface area contributed by atoms with Crippen molar-refractivity contribution in [1.82, 2.24) is 15.5 Å². The first-order chi connectivity index (χ1) is 13.0. The van der Waals surface area contributed by atoms with E-state index < -0.39 is 0 Å². The van der Waals surface area contributed by atoms with E-state index in [2.05, 4.69) is 22.5 Å². The zero-order valence-electron chi connectivity index (χ0n) is 15.5. The number of hydrogen-bond donors (Lipinski definition) is 2. The maximum atomic E-state index is 12.2. The fraction of sp³-hybridized carbons (Fsp3) is 0.450. The third-order valence-electron chi connectivity index (χ3n) is 4.93. The topological polar surface area (TPSA) is 81.8 Å². The zero-order valence-corrected chi connectivity index (χ0v) is 15.5. The molecule has 0 radical (unpaired) electrons. The van der Waals surface area contributed by atoms with E-state index in [1.807, 2.05) is 24.3 Å². The first-order valence-corrected chi connectivity index (χ1v) is 9.22. The molecule has 2 aliphatic heterocycles. The molecule has 2 N–H and O–H groups in total. The van der Waals surface area contributed by atoms with Crippen molar-refractivity contribution < 1.29 is 14.4 Å². The number of rotatable bonds is 3. The molecule has 2 fully saturated rings. The molecule has 27 heavy (non-hydrogen) atoms. The molecule has 3 rings (SSSR count). The van der Waals surface area contributed by atoms with Crippen LogP contribution in [0.3, 0.4) is 0 Å². The minimum absolute atomic E-state index is 0.00268. The number of urea groups is 1. The average Bonchev–Trinajstić information content (AvgIpc) is 3.11. The summed E-state index contributed by atoms with van der Waals surface area (Å²) in [5.41, 5.74) is 1.68. The van der Waals surface area contributed by atoms with Gasteiger partial charge in [0.2, 0.25) is 11.8 Å². The van der Waals surface area contributed by atoms with E-state index in [9.17, 15) is 14.4 Å². The van der Waals surface area contributed by atoms with Crippen molar-refractivity contribution in [2.45, 2.75) is 19.8 Å². The molecule has 0 unspecified atom stereocenters. The van der Waals surface area contributed by atoms with Crippen LogP contribution < -0.4 is 15.5 Å². The predicted molar refractivity (Wildman–Crippen MR) is 102 cm³/mol. The first kappa shape index (κ1) is 18.8. The van der Waals surface area contributed by atoms with Gasteiger partial charge in [0.05, 0.1) is 6.54 Å². The van der Waals surface area contributed by atoms with Crippen LogP contribution in [-0.4, -0.2) is 55.5 Å². The Morgan fingerprint density at radius 2 is 1.89 bits per heavy atom. The van der Waals surface area contributed by atoms with Gasteiger partial charge in [-0.15, -0.1) is 0 Å². The fourth-order valence-corrected chi connectivity index (χ4v) is 3.32. The van der Waals surface area contributed by atoms with Gasteiger partial charge in [-0.3, -0.25) is 14.5 Å². The van der Waals surface area contributed by atoms with Gasteiger partial charge in [0, 0.05) is 50.3 Å². The summed E-state index contributed by atoms with van der Waals surface area (Å²) in [7, 11) is 0. The summed E-state index contributed by atoms with van der Waals surface area (Å²) in [4.78, 5) is 38.6. The van der Waals surface area contributed by atoms with E-state index >= 15 is 0 Å². The Labute approximate surface area is 159 Å². The summed E-state index contributed by atoms with van der Waals surface area (Å²) in [6, 6.07) is 7.40. The number of likely N-dealkylation sites (tertiary alicyclic amines) is 1. The third kappa shape index (κ3) is 4.79. The number of nitrogens with zero attached hydrogens (tertiary/aromatic N) is 2. The van der Waals surface area contributed by atoms with E-state index in [-0.39, 0.29) is 23.8 Å². The Morgan fingerprint density at radius 3 is 2.48 bits per heavy atom. The highest BCUT2D eigenvalue weighted by Gasteiger charge is 2.25. The lowest BCUT2D eigenvalue weighted by Gasteiger charge is -2.30. The Kier molecular flexibility index (Phi) is 5.97. The molecule has 0 aromatic heterocycles. The van der Waals surface area contributed by atoms with Crippen molar-refractivity contribution in [2.24, 2.45) is 5.92 Å². The highest BCUT2D eigenvalue weighted by molar-refractivity contribution is 5.94. The number of amides is 4. The largest absolute Gasteiger partial charge is 0.345 e. The van der Waals surface area contributed by atoms with Crippen molar-refractivity contribution in [2.75, 3.05) is 37.6 Å². The number of benzene rings is 1. The van der Waals surface area contributed by atoms with Gasteiger partial charge in [-0.05, 0) is 37.1 Å². The molecule has 0 atom stereocenters. The number of nitrogens with one attached hydrogen (secondary N) is 2. The monoisotopic (exact) mass is 368 g/mol. The molecule has 2 heterocycles. The molecule has 0 aliphatic carbocycles. The van der Waals surface area contributed by atoms with Gasteiger partial charge in [0.15, 0.2) is 0 Å². The van der Waals surface area contributed by atoms with Crippen LogP contribution in [-0.2, 0) is 9.59 Å². The Bertz CT molecular complexity index is 771. The number of anilines is 1. The second-order valence-electron chi connectivity index (χ2n) is 6.73. The molecular formula is C20H24N4O3. The Morgan fingerprint density at radius 1 is 1.19 bits per heavy atom. The van der Waals surface area contributed by atoms with Crippen molar-refractivity contribution in [3.63, 3.8) is 0 Å². The summed E-state index contributed by atoms with van der Waals surface area (Å²) in [5.74, 6) is 6.00. The molecule has 2 saturated heterocycles. The van der Waals surface area contributed by atoms with E-state index in [1.165, 1.54) is 0 Å². The summed E-state index contributed by atoms with van der Waals surface area (Å²) in [6.07, 6.45) is 1.40. The number of piperidine rings is 1. The van der Waals surface area contributed by atoms with Gasteiger partial charge in [0.1, 0.15) is 0 Å². The predicted octanol–water partition coefficient (Wildman–Crippen LogP) is 0.942. The molecule has 142 valence electrons. The lowest BCUT2D eigenvalue weighted by molar-refractivity contribution is -0.133. The maximum absolute atomic E-state index is 12.2. The normalized spacial score (nSPS) is 17.1. The summed E-state index contributed by atoms with van der Waals surface area (Å²) >= 11 is 0. The second-order valence-corrected chi connectivity index (χ2v) is 6.73. The Balaban J connectivity index is 1.44. The van der Waals surface area contributed by atoms with Gasteiger partial charge < -0.3 is 15.5 Å². The fourth-order valence-electron chi connectivity index (χ4n) is 3.32. The van der Waals surface area contributed by atoms with Gasteiger partial charge >= 0.3 is 6.03 Å². The molecule has 7 nitrogen and oxygen atoms in total. The van der Waals surface area contributed by atoms with Crippen LogP contribution in [0.25, 0.3) is 0 Å². The molecule has 2 aliphatic rings. The van der Waals surface area contributed by atoms with E-state index in [0.29, 0.717) is 45.6 Å². The van der Waals surface area contributed by atoms with Crippen molar-refractivity contribution in [3.05, 3.63) is 29.8 Å².